The molecule has 1 aromatic heterocycles. The maximum Gasteiger partial charge on any atom is 0.0781 e. The van der Waals surface area contributed by atoms with Crippen LogP contribution in [0.1, 0.15) is 25.3 Å². The van der Waals surface area contributed by atoms with Crippen LogP contribution in [0.2, 0.25) is 0 Å². The van der Waals surface area contributed by atoms with Gasteiger partial charge in [-0.3, -0.25) is 9.58 Å². The van der Waals surface area contributed by atoms with Crippen LogP contribution in [-0.2, 0) is 23.1 Å². The van der Waals surface area contributed by atoms with Crippen molar-refractivity contribution < 1.29 is 9.47 Å². The molecule has 0 spiro atoms. The zero-order valence-corrected chi connectivity index (χ0v) is 12.5. The van der Waals surface area contributed by atoms with Crippen molar-refractivity contribution in [2.45, 2.75) is 38.5 Å². The molecule has 0 amide bonds. The standard InChI is InChI=1S/C15H25N3O2/c1-3-19-11-13-4-5-14-15(13)20-7-6-18(14)10-12-8-16-17(2)9-12/h8-9,13-15H,3-7,10-11H2,1-2H3/t13?,14-,15-/m0/s1. The number of hydrogen-bond acceptors (Lipinski definition) is 4. The number of nitrogens with zero attached hydrogens (tertiary/aromatic N) is 3. The quantitative estimate of drug-likeness (QED) is 0.817. The third-order valence-corrected chi connectivity index (χ3v) is 4.51. The van der Waals surface area contributed by atoms with Crippen LogP contribution in [0.25, 0.3) is 0 Å². The zero-order chi connectivity index (χ0) is 13.9. The van der Waals surface area contributed by atoms with Crippen LogP contribution in [0.3, 0.4) is 0 Å². The average Bonchev–Trinajstić information content (AvgIpc) is 3.04. The lowest BCUT2D eigenvalue weighted by Gasteiger charge is -2.39. The first-order chi connectivity index (χ1) is 9.78. The Kier molecular flexibility index (Phi) is 4.38. The van der Waals surface area contributed by atoms with Crippen molar-refractivity contribution in [3.63, 3.8) is 0 Å². The minimum Gasteiger partial charge on any atom is -0.381 e. The highest BCUT2D eigenvalue weighted by Crippen LogP contribution is 2.35. The van der Waals surface area contributed by atoms with Gasteiger partial charge in [-0.05, 0) is 19.8 Å². The molecule has 20 heavy (non-hydrogen) atoms. The van der Waals surface area contributed by atoms with Gasteiger partial charge in [0.05, 0.1) is 25.5 Å². The lowest BCUT2D eigenvalue weighted by Crippen LogP contribution is -2.50. The van der Waals surface area contributed by atoms with Gasteiger partial charge in [0.1, 0.15) is 0 Å². The number of fused-ring (bicyclic) bond motifs is 1. The minimum absolute atomic E-state index is 0.354. The molecule has 2 fully saturated rings. The maximum absolute atomic E-state index is 6.04. The van der Waals surface area contributed by atoms with Gasteiger partial charge < -0.3 is 9.47 Å². The fourth-order valence-corrected chi connectivity index (χ4v) is 3.57. The van der Waals surface area contributed by atoms with E-state index in [1.165, 1.54) is 18.4 Å². The third-order valence-electron chi connectivity index (χ3n) is 4.51. The van der Waals surface area contributed by atoms with Crippen molar-refractivity contribution in [1.82, 2.24) is 14.7 Å². The molecule has 2 aliphatic rings. The van der Waals surface area contributed by atoms with Gasteiger partial charge in [-0.25, -0.2) is 0 Å². The third kappa shape index (κ3) is 2.90. The van der Waals surface area contributed by atoms with E-state index in [1.807, 2.05) is 17.9 Å². The summed E-state index contributed by atoms with van der Waals surface area (Å²) in [7, 11) is 1.97. The summed E-state index contributed by atoms with van der Waals surface area (Å²) < 4.78 is 13.5. The molecule has 0 aromatic carbocycles. The maximum atomic E-state index is 6.04. The van der Waals surface area contributed by atoms with Gasteiger partial charge in [0.25, 0.3) is 0 Å². The average molecular weight is 279 g/mol. The van der Waals surface area contributed by atoms with Crippen LogP contribution < -0.4 is 0 Å². The highest BCUT2D eigenvalue weighted by Gasteiger charge is 2.42. The first-order valence-electron chi connectivity index (χ1n) is 7.69. The van der Waals surface area contributed by atoms with E-state index in [1.54, 1.807) is 0 Å². The Morgan fingerprint density at radius 1 is 1.45 bits per heavy atom. The summed E-state index contributed by atoms with van der Waals surface area (Å²) in [6.45, 7) is 6.55. The fourth-order valence-electron chi connectivity index (χ4n) is 3.57. The summed E-state index contributed by atoms with van der Waals surface area (Å²) in [6.07, 6.45) is 6.88. The monoisotopic (exact) mass is 279 g/mol. The summed E-state index contributed by atoms with van der Waals surface area (Å²) in [4.78, 5) is 2.57. The highest BCUT2D eigenvalue weighted by atomic mass is 16.5. The molecular formula is C15H25N3O2. The van der Waals surface area contributed by atoms with Crippen LogP contribution in [0, 0.1) is 5.92 Å². The molecule has 0 N–H and O–H groups in total. The van der Waals surface area contributed by atoms with Crippen LogP contribution in [0.4, 0.5) is 0 Å². The van der Waals surface area contributed by atoms with Gasteiger partial charge in [0.2, 0.25) is 0 Å². The van der Waals surface area contributed by atoms with Gasteiger partial charge in [-0.2, -0.15) is 5.10 Å². The minimum atomic E-state index is 0.354. The van der Waals surface area contributed by atoms with Crippen molar-refractivity contribution in [3.8, 4) is 0 Å². The Labute approximate surface area is 120 Å². The number of aryl methyl sites for hydroxylation is 1. The molecule has 5 heteroatoms. The first kappa shape index (κ1) is 14.0. The highest BCUT2D eigenvalue weighted by molar-refractivity contribution is 5.05. The fraction of sp³-hybridized carbons (Fsp3) is 0.800. The normalized spacial score (nSPS) is 30.6. The van der Waals surface area contributed by atoms with Crippen LogP contribution in [-0.4, -0.2) is 53.2 Å². The van der Waals surface area contributed by atoms with E-state index in [0.717, 1.165) is 32.9 Å². The SMILES string of the molecule is CCOCC1CC[C@H]2[C@H]1OCCN2Cc1cnn(C)c1. The summed E-state index contributed by atoms with van der Waals surface area (Å²) in [6, 6.07) is 0.550. The van der Waals surface area contributed by atoms with Gasteiger partial charge in [0, 0.05) is 50.5 Å². The Morgan fingerprint density at radius 2 is 2.35 bits per heavy atom. The molecule has 1 unspecified atom stereocenters. The largest absolute Gasteiger partial charge is 0.381 e. The van der Waals surface area contributed by atoms with E-state index in [2.05, 4.69) is 23.1 Å². The molecule has 2 heterocycles. The molecule has 1 saturated heterocycles. The molecule has 1 saturated carbocycles. The van der Waals surface area contributed by atoms with E-state index in [-0.39, 0.29) is 0 Å². The predicted molar refractivity (Wildman–Crippen MR) is 76.4 cm³/mol. The lowest BCUT2D eigenvalue weighted by atomic mass is 10.0. The van der Waals surface area contributed by atoms with Crippen molar-refractivity contribution in [2.75, 3.05) is 26.4 Å². The van der Waals surface area contributed by atoms with E-state index in [9.17, 15) is 0 Å². The Bertz CT molecular complexity index is 435. The van der Waals surface area contributed by atoms with Crippen molar-refractivity contribution in [3.05, 3.63) is 18.0 Å². The van der Waals surface area contributed by atoms with Gasteiger partial charge in [-0.15, -0.1) is 0 Å². The van der Waals surface area contributed by atoms with E-state index >= 15 is 0 Å². The topological polar surface area (TPSA) is 39.5 Å². The Hall–Kier alpha value is -0.910. The molecule has 112 valence electrons. The zero-order valence-electron chi connectivity index (χ0n) is 12.5. The summed E-state index contributed by atoms with van der Waals surface area (Å²) in [5.74, 6) is 0.566. The molecule has 3 atom stereocenters. The van der Waals surface area contributed by atoms with Crippen molar-refractivity contribution in [1.29, 1.82) is 0 Å². The molecule has 0 radical (unpaired) electrons. The Balaban J connectivity index is 1.62. The number of hydrogen-bond donors (Lipinski definition) is 0. The van der Waals surface area contributed by atoms with Crippen molar-refractivity contribution in [2.24, 2.45) is 13.0 Å². The second kappa shape index (κ2) is 6.24. The van der Waals surface area contributed by atoms with E-state index in [0.29, 0.717) is 18.1 Å². The summed E-state index contributed by atoms with van der Waals surface area (Å²) >= 11 is 0. The predicted octanol–water partition coefficient (Wildman–Crippen LogP) is 1.44. The van der Waals surface area contributed by atoms with E-state index in [4.69, 9.17) is 9.47 Å². The number of ether oxygens (including phenoxy) is 2. The van der Waals surface area contributed by atoms with Crippen LogP contribution in [0.5, 0.6) is 0 Å². The van der Waals surface area contributed by atoms with Crippen molar-refractivity contribution >= 4 is 0 Å². The molecule has 3 rings (SSSR count). The number of rotatable bonds is 5. The molecule has 0 bridgehead atoms. The summed E-state index contributed by atoms with van der Waals surface area (Å²) in [5.41, 5.74) is 1.29. The van der Waals surface area contributed by atoms with Crippen LogP contribution >= 0.6 is 0 Å². The van der Waals surface area contributed by atoms with Gasteiger partial charge in [-0.1, -0.05) is 0 Å². The molecule has 1 aliphatic carbocycles. The molecule has 1 aromatic rings. The second-order valence-electron chi connectivity index (χ2n) is 5.89. The summed E-state index contributed by atoms with van der Waals surface area (Å²) in [5, 5.41) is 4.26. The number of aromatic nitrogens is 2. The smallest absolute Gasteiger partial charge is 0.0781 e. The Morgan fingerprint density at radius 3 is 3.10 bits per heavy atom. The van der Waals surface area contributed by atoms with Gasteiger partial charge >= 0.3 is 0 Å². The van der Waals surface area contributed by atoms with Crippen LogP contribution in [0.15, 0.2) is 12.4 Å². The van der Waals surface area contributed by atoms with Gasteiger partial charge in [0.15, 0.2) is 0 Å². The molecular weight excluding hydrogens is 254 g/mol. The molecule has 5 nitrogen and oxygen atoms in total. The lowest BCUT2D eigenvalue weighted by molar-refractivity contribution is -0.0875. The molecule has 1 aliphatic heterocycles. The number of morpholine rings is 1. The van der Waals surface area contributed by atoms with E-state index < -0.39 is 0 Å². The second-order valence-corrected chi connectivity index (χ2v) is 5.89. The first-order valence-corrected chi connectivity index (χ1v) is 7.69.